The van der Waals surface area contributed by atoms with Crippen molar-refractivity contribution >= 4 is 5.97 Å². The zero-order valence-corrected chi connectivity index (χ0v) is 23.1. The van der Waals surface area contributed by atoms with E-state index in [-0.39, 0.29) is 29.0 Å². The number of carbonyl (C=O) groups is 1. The van der Waals surface area contributed by atoms with Crippen LogP contribution in [0.1, 0.15) is 92.4 Å². The van der Waals surface area contributed by atoms with Gasteiger partial charge in [-0.3, -0.25) is 0 Å². The van der Waals surface area contributed by atoms with Crippen molar-refractivity contribution in [2.24, 2.45) is 52.3 Å². The Hall–Kier alpha value is -0.910. The number of esters is 1. The van der Waals surface area contributed by atoms with Crippen molar-refractivity contribution in [3.05, 3.63) is 11.6 Å². The molecule has 12 atom stereocenters. The van der Waals surface area contributed by atoms with Crippen LogP contribution in [0.25, 0.3) is 0 Å². The number of hydrogen-bond acceptors (Lipinski definition) is 5. The highest BCUT2D eigenvalue weighted by atomic mass is 16.7. The van der Waals surface area contributed by atoms with Crippen LogP contribution in [0.4, 0.5) is 0 Å². The van der Waals surface area contributed by atoms with Gasteiger partial charge in [-0.15, -0.1) is 0 Å². The lowest BCUT2D eigenvalue weighted by molar-refractivity contribution is -0.254. The van der Waals surface area contributed by atoms with Gasteiger partial charge in [0.15, 0.2) is 6.29 Å². The lowest BCUT2D eigenvalue weighted by Gasteiger charge is -2.64. The zero-order valence-electron chi connectivity index (χ0n) is 23.1. The molecular formula is C31H48O5. The number of carbonyl (C=O) groups excluding carboxylic acids is 1. The van der Waals surface area contributed by atoms with E-state index in [2.05, 4.69) is 34.6 Å². The molecule has 5 heteroatoms. The molecule has 0 radical (unpaired) electrons. The molecule has 6 aliphatic rings. The Morgan fingerprint density at radius 2 is 1.78 bits per heavy atom. The standard InChI is InChI=1S/C31H48O5/c1-18-16-35-28(20(3)19(18)2)36-23-8-11-29(4)22(15-23)6-7-26-25(29)9-12-30(5)24(10-13-31(26,30)33)21-14-27(32)34-17-21/h14,18-20,22-26,28,33H,6-13,15-17H2,1-5H3/t18-,19-,20?,22?,23-,24+,25?,26?,28+,29-,30+,31-/m0/s1. The molecule has 0 aromatic heterocycles. The Balaban J connectivity index is 1.16. The molecule has 0 spiro atoms. The zero-order chi connectivity index (χ0) is 25.5. The maximum Gasteiger partial charge on any atom is 0.331 e. The summed E-state index contributed by atoms with van der Waals surface area (Å²) in [5.74, 6) is 3.34. The lowest BCUT2D eigenvalue weighted by atomic mass is 9.43. The summed E-state index contributed by atoms with van der Waals surface area (Å²) in [5.41, 5.74) is 0.619. The van der Waals surface area contributed by atoms with Crippen LogP contribution in [0.15, 0.2) is 11.6 Å². The summed E-state index contributed by atoms with van der Waals surface area (Å²) in [4.78, 5) is 11.8. The van der Waals surface area contributed by atoms with Gasteiger partial charge in [0, 0.05) is 17.4 Å². The van der Waals surface area contributed by atoms with E-state index in [0.717, 1.165) is 50.7 Å². The first-order chi connectivity index (χ1) is 17.1. The van der Waals surface area contributed by atoms with Gasteiger partial charge in [-0.1, -0.05) is 34.6 Å². The van der Waals surface area contributed by atoms with Gasteiger partial charge in [0.25, 0.3) is 0 Å². The van der Waals surface area contributed by atoms with E-state index >= 15 is 0 Å². The summed E-state index contributed by atoms with van der Waals surface area (Å²) in [6.07, 6.45) is 11.8. The molecule has 4 unspecified atom stereocenters. The largest absolute Gasteiger partial charge is 0.458 e. The summed E-state index contributed by atoms with van der Waals surface area (Å²) in [5, 5.41) is 12.4. The molecule has 1 N–H and O–H groups in total. The van der Waals surface area contributed by atoms with E-state index in [1.165, 1.54) is 19.3 Å². The fourth-order valence-electron chi connectivity index (χ4n) is 10.2. The normalized spacial score (nSPS) is 54.8. The van der Waals surface area contributed by atoms with Crippen molar-refractivity contribution in [3.63, 3.8) is 0 Å². The van der Waals surface area contributed by atoms with Crippen LogP contribution in [0.2, 0.25) is 0 Å². The SMILES string of the molecule is CC1[C@@H](O[C@H]2CC[C@@]3(C)C(CCC4C3CC[C@]3(C)[C@@H](C5=CC(=O)OC5)CC[C@]43O)C2)OC[C@H](C)[C@@H]1C. The quantitative estimate of drug-likeness (QED) is 0.386. The van der Waals surface area contributed by atoms with E-state index in [0.29, 0.717) is 48.2 Å². The molecule has 2 heterocycles. The third kappa shape index (κ3) is 3.61. The second-order valence-corrected chi connectivity index (χ2v) is 14.2. The van der Waals surface area contributed by atoms with Crippen LogP contribution in [0, 0.1) is 52.3 Å². The van der Waals surface area contributed by atoms with Gasteiger partial charge in [0.2, 0.25) is 0 Å². The first-order valence-electron chi connectivity index (χ1n) is 14.9. The molecule has 0 aromatic rings. The number of ether oxygens (including phenoxy) is 3. The van der Waals surface area contributed by atoms with Gasteiger partial charge >= 0.3 is 5.97 Å². The van der Waals surface area contributed by atoms with E-state index in [4.69, 9.17) is 14.2 Å². The van der Waals surface area contributed by atoms with Crippen molar-refractivity contribution < 1.29 is 24.1 Å². The topological polar surface area (TPSA) is 65.0 Å². The summed E-state index contributed by atoms with van der Waals surface area (Å²) >= 11 is 0. The average Bonchev–Trinajstić information content (AvgIpc) is 3.39. The van der Waals surface area contributed by atoms with Crippen molar-refractivity contribution in [2.75, 3.05) is 13.2 Å². The second-order valence-electron chi connectivity index (χ2n) is 14.2. The average molecular weight is 501 g/mol. The third-order valence-corrected chi connectivity index (χ3v) is 12.9. The Morgan fingerprint density at radius 1 is 0.972 bits per heavy atom. The van der Waals surface area contributed by atoms with Gasteiger partial charge in [0.1, 0.15) is 6.61 Å². The molecule has 5 fully saturated rings. The fourth-order valence-corrected chi connectivity index (χ4v) is 10.2. The molecule has 0 amide bonds. The Bertz CT molecular complexity index is 915. The van der Waals surface area contributed by atoms with Crippen molar-refractivity contribution in [2.45, 2.75) is 110 Å². The number of fused-ring (bicyclic) bond motifs is 5. The number of hydrogen-bond donors (Lipinski definition) is 1. The van der Waals surface area contributed by atoms with Crippen molar-refractivity contribution in [1.29, 1.82) is 0 Å². The smallest absolute Gasteiger partial charge is 0.331 e. The fraction of sp³-hybridized carbons (Fsp3) is 0.903. The Morgan fingerprint density at radius 3 is 2.53 bits per heavy atom. The minimum Gasteiger partial charge on any atom is -0.458 e. The summed E-state index contributed by atoms with van der Waals surface area (Å²) in [6.45, 7) is 13.0. The van der Waals surface area contributed by atoms with Crippen molar-refractivity contribution in [1.82, 2.24) is 0 Å². The minimum absolute atomic E-state index is 0.0610. The molecule has 0 bridgehead atoms. The highest BCUT2D eigenvalue weighted by molar-refractivity contribution is 5.85. The third-order valence-electron chi connectivity index (χ3n) is 12.9. The summed E-state index contributed by atoms with van der Waals surface area (Å²) in [6, 6.07) is 0. The second kappa shape index (κ2) is 8.81. The predicted molar refractivity (Wildman–Crippen MR) is 138 cm³/mol. The molecule has 5 nitrogen and oxygen atoms in total. The number of cyclic esters (lactones) is 1. The van der Waals surface area contributed by atoms with Crippen LogP contribution in [0.5, 0.6) is 0 Å². The molecule has 6 rings (SSSR count). The number of aliphatic hydroxyl groups is 1. The maximum absolute atomic E-state index is 12.4. The maximum atomic E-state index is 12.4. The molecule has 4 saturated carbocycles. The van der Waals surface area contributed by atoms with E-state index in [1.54, 1.807) is 6.08 Å². The van der Waals surface area contributed by atoms with Gasteiger partial charge < -0.3 is 19.3 Å². The number of rotatable bonds is 3. The van der Waals surface area contributed by atoms with Crippen LogP contribution in [-0.4, -0.2) is 42.3 Å². The molecule has 1 saturated heterocycles. The molecule has 36 heavy (non-hydrogen) atoms. The highest BCUT2D eigenvalue weighted by Crippen LogP contribution is 2.70. The Labute approximate surface area is 217 Å². The van der Waals surface area contributed by atoms with Gasteiger partial charge in [0.05, 0.1) is 18.3 Å². The summed E-state index contributed by atoms with van der Waals surface area (Å²) < 4.78 is 18.1. The van der Waals surface area contributed by atoms with E-state index in [1.807, 2.05) is 0 Å². The van der Waals surface area contributed by atoms with Gasteiger partial charge in [-0.25, -0.2) is 4.79 Å². The first-order valence-corrected chi connectivity index (χ1v) is 14.9. The van der Waals surface area contributed by atoms with E-state index in [9.17, 15) is 9.90 Å². The monoisotopic (exact) mass is 500 g/mol. The first kappa shape index (κ1) is 25.4. The molecule has 4 aliphatic carbocycles. The lowest BCUT2D eigenvalue weighted by Crippen LogP contribution is -2.62. The van der Waals surface area contributed by atoms with Crippen molar-refractivity contribution in [3.8, 4) is 0 Å². The molecule has 2 aliphatic heterocycles. The van der Waals surface area contributed by atoms with Gasteiger partial charge in [-0.2, -0.15) is 0 Å². The molecule has 202 valence electrons. The molecule has 0 aromatic carbocycles. The summed E-state index contributed by atoms with van der Waals surface area (Å²) in [7, 11) is 0. The van der Waals surface area contributed by atoms with Gasteiger partial charge in [-0.05, 0) is 104 Å². The molecular weight excluding hydrogens is 452 g/mol. The highest BCUT2D eigenvalue weighted by Gasteiger charge is 2.67. The van der Waals surface area contributed by atoms with Crippen LogP contribution in [-0.2, 0) is 19.0 Å². The Kier molecular flexibility index (Phi) is 6.21. The van der Waals surface area contributed by atoms with Crippen LogP contribution < -0.4 is 0 Å². The predicted octanol–water partition coefficient (Wildman–Crippen LogP) is 5.89. The minimum atomic E-state index is -0.632. The van der Waals surface area contributed by atoms with Crippen LogP contribution in [0.3, 0.4) is 0 Å². The van der Waals surface area contributed by atoms with E-state index < -0.39 is 5.60 Å². The van der Waals surface area contributed by atoms with Crippen LogP contribution >= 0.6 is 0 Å².